The van der Waals surface area contributed by atoms with Crippen molar-refractivity contribution in [2.75, 3.05) is 18.2 Å². The van der Waals surface area contributed by atoms with Crippen molar-refractivity contribution in [3.05, 3.63) is 30.2 Å². The Kier molecular flexibility index (Phi) is 2.31. The second-order valence-corrected chi connectivity index (χ2v) is 4.58. The summed E-state index contributed by atoms with van der Waals surface area (Å²) in [6.45, 7) is 1.60. The number of rotatable bonds is 3. The largest absolute Gasteiger partial charge is 0.372 e. The van der Waals surface area contributed by atoms with Gasteiger partial charge in [0.05, 0.1) is 24.5 Å². The number of hydrazine groups is 1. The predicted octanol–water partition coefficient (Wildman–Crippen LogP) is 1.10. The maximum absolute atomic E-state index is 5.57. The van der Waals surface area contributed by atoms with Gasteiger partial charge in [-0.2, -0.15) is 5.10 Å². The summed E-state index contributed by atoms with van der Waals surface area (Å²) < 4.78 is 5.57. The third kappa shape index (κ3) is 1.70. The number of H-pyrrole nitrogens is 2. The second kappa shape index (κ2) is 4.13. The minimum atomic E-state index is 0.107. The van der Waals surface area contributed by atoms with E-state index in [1.807, 2.05) is 23.4 Å². The summed E-state index contributed by atoms with van der Waals surface area (Å²) in [4.78, 5) is 8.01. The Morgan fingerprint density at radius 2 is 2.37 bits per heavy atom. The molecule has 1 saturated heterocycles. The fourth-order valence-electron chi connectivity index (χ4n) is 2.29. The number of hydrogen-bond acceptors (Lipinski definition) is 5. The van der Waals surface area contributed by atoms with Crippen LogP contribution in [-0.2, 0) is 4.74 Å². The van der Waals surface area contributed by atoms with Gasteiger partial charge >= 0.3 is 0 Å². The van der Waals surface area contributed by atoms with Gasteiger partial charge in [0, 0.05) is 18.8 Å². The van der Waals surface area contributed by atoms with Gasteiger partial charge in [0.2, 0.25) is 5.95 Å². The van der Waals surface area contributed by atoms with Gasteiger partial charge in [-0.05, 0) is 12.1 Å². The first kappa shape index (κ1) is 10.6. The van der Waals surface area contributed by atoms with Crippen molar-refractivity contribution in [3.63, 3.8) is 0 Å². The monoisotopic (exact) mass is 258 g/mol. The summed E-state index contributed by atoms with van der Waals surface area (Å²) >= 11 is 0. The van der Waals surface area contributed by atoms with E-state index in [-0.39, 0.29) is 6.10 Å². The number of hydrogen-bond donors (Lipinski definition) is 3. The quantitative estimate of drug-likeness (QED) is 0.768. The van der Waals surface area contributed by atoms with Gasteiger partial charge < -0.3 is 15.1 Å². The minimum absolute atomic E-state index is 0.107. The van der Waals surface area contributed by atoms with Crippen molar-refractivity contribution in [1.82, 2.24) is 25.6 Å². The Labute approximate surface area is 109 Å². The lowest BCUT2D eigenvalue weighted by atomic mass is 10.1. The minimum Gasteiger partial charge on any atom is -0.372 e. The molecule has 2 aromatic heterocycles. The molecule has 0 radical (unpaired) electrons. The van der Waals surface area contributed by atoms with Crippen molar-refractivity contribution >= 4 is 5.95 Å². The molecule has 7 heteroatoms. The topological polar surface area (TPSA) is 81.9 Å². The number of nitrogens with one attached hydrogen (secondary N) is 3. The number of ether oxygens (including phenoxy) is 1. The van der Waals surface area contributed by atoms with Crippen molar-refractivity contribution in [2.24, 2.45) is 0 Å². The Bertz CT molecular complexity index is 590. The fourth-order valence-corrected chi connectivity index (χ4v) is 2.29. The van der Waals surface area contributed by atoms with Gasteiger partial charge in [-0.25, -0.2) is 4.98 Å². The average molecular weight is 258 g/mol. The summed E-state index contributed by atoms with van der Waals surface area (Å²) in [6.07, 6.45) is 6.80. The number of imidazole rings is 1. The van der Waals surface area contributed by atoms with E-state index in [4.69, 9.17) is 4.74 Å². The van der Waals surface area contributed by atoms with Crippen molar-refractivity contribution < 1.29 is 4.74 Å². The molecule has 1 unspecified atom stereocenters. The summed E-state index contributed by atoms with van der Waals surface area (Å²) in [5.41, 5.74) is 5.92. The molecule has 19 heavy (non-hydrogen) atoms. The lowest BCUT2D eigenvalue weighted by Gasteiger charge is -2.26. The molecule has 4 rings (SSSR count). The van der Waals surface area contributed by atoms with E-state index in [9.17, 15) is 0 Å². The lowest BCUT2D eigenvalue weighted by Crippen LogP contribution is -2.30. The summed E-state index contributed by atoms with van der Waals surface area (Å²) in [5, 5.41) is 8.89. The number of anilines is 1. The van der Waals surface area contributed by atoms with E-state index < -0.39 is 0 Å². The highest BCUT2D eigenvalue weighted by Gasteiger charge is 2.28. The lowest BCUT2D eigenvalue weighted by molar-refractivity contribution is -0.0546. The van der Waals surface area contributed by atoms with Gasteiger partial charge in [-0.15, -0.1) is 0 Å². The van der Waals surface area contributed by atoms with Crippen LogP contribution in [0, 0.1) is 0 Å². The molecule has 3 N–H and O–H groups in total. The SMILES string of the molecule is C1=CNN(c2nc(-c3ccn[nH]3)c(C3CCO3)[nH]2)C1. The molecule has 0 aromatic carbocycles. The zero-order valence-corrected chi connectivity index (χ0v) is 10.3. The molecule has 98 valence electrons. The third-order valence-electron chi connectivity index (χ3n) is 3.39. The maximum atomic E-state index is 5.57. The van der Waals surface area contributed by atoms with Crippen LogP contribution in [0.15, 0.2) is 24.5 Å². The van der Waals surface area contributed by atoms with Gasteiger partial charge in [-0.3, -0.25) is 10.1 Å². The van der Waals surface area contributed by atoms with Crippen molar-refractivity contribution in [1.29, 1.82) is 0 Å². The molecule has 2 aliphatic rings. The maximum Gasteiger partial charge on any atom is 0.223 e. The first-order valence-electron chi connectivity index (χ1n) is 6.32. The molecule has 0 aliphatic carbocycles. The highest BCUT2D eigenvalue weighted by atomic mass is 16.5. The summed E-state index contributed by atoms with van der Waals surface area (Å²) in [5.74, 6) is 0.792. The molecule has 1 atom stereocenters. The molecule has 2 aliphatic heterocycles. The first-order valence-corrected chi connectivity index (χ1v) is 6.32. The second-order valence-electron chi connectivity index (χ2n) is 4.58. The van der Waals surface area contributed by atoms with Crippen LogP contribution in [0.1, 0.15) is 18.2 Å². The standard InChI is InChI=1S/C12H14N6O/c1-4-14-18(6-1)12-15-10(8-2-5-13-17-8)11(16-12)9-3-7-19-9/h1-2,4-5,9,14H,3,6-7H2,(H,13,17)(H,15,16). The molecule has 0 saturated carbocycles. The van der Waals surface area contributed by atoms with Crippen LogP contribution < -0.4 is 10.4 Å². The Morgan fingerprint density at radius 3 is 3.00 bits per heavy atom. The molecule has 0 bridgehead atoms. The van der Waals surface area contributed by atoms with Gasteiger partial charge in [-0.1, -0.05) is 0 Å². The Hall–Kier alpha value is -2.28. The molecule has 0 spiro atoms. The zero-order valence-electron chi connectivity index (χ0n) is 10.3. The average Bonchev–Trinajstić information content (AvgIpc) is 3.08. The van der Waals surface area contributed by atoms with E-state index in [0.29, 0.717) is 0 Å². The van der Waals surface area contributed by atoms with Crippen LogP contribution in [-0.4, -0.2) is 33.3 Å². The zero-order chi connectivity index (χ0) is 12.7. The highest BCUT2D eigenvalue weighted by molar-refractivity contribution is 5.61. The number of aromatic nitrogens is 4. The van der Waals surface area contributed by atoms with Gasteiger partial charge in [0.1, 0.15) is 11.8 Å². The fraction of sp³-hybridized carbons (Fsp3) is 0.333. The molecular formula is C12H14N6O. The van der Waals surface area contributed by atoms with Gasteiger partial charge in [0.25, 0.3) is 0 Å². The smallest absolute Gasteiger partial charge is 0.223 e. The Morgan fingerprint density at radius 1 is 1.42 bits per heavy atom. The van der Waals surface area contributed by atoms with E-state index in [1.165, 1.54) is 0 Å². The van der Waals surface area contributed by atoms with Crippen LogP contribution >= 0.6 is 0 Å². The van der Waals surface area contributed by atoms with Crippen molar-refractivity contribution in [3.8, 4) is 11.4 Å². The van der Waals surface area contributed by atoms with Crippen LogP contribution in [0.4, 0.5) is 5.95 Å². The molecule has 4 heterocycles. The third-order valence-corrected chi connectivity index (χ3v) is 3.39. The predicted molar refractivity (Wildman–Crippen MR) is 69.1 cm³/mol. The highest BCUT2D eigenvalue weighted by Crippen LogP contribution is 2.35. The van der Waals surface area contributed by atoms with E-state index >= 15 is 0 Å². The van der Waals surface area contributed by atoms with Crippen molar-refractivity contribution in [2.45, 2.75) is 12.5 Å². The number of nitrogens with zero attached hydrogens (tertiary/aromatic N) is 3. The normalized spacial score (nSPS) is 21.5. The summed E-state index contributed by atoms with van der Waals surface area (Å²) in [6, 6.07) is 1.91. The van der Waals surface area contributed by atoms with Crippen LogP contribution in [0.3, 0.4) is 0 Å². The molecule has 7 nitrogen and oxygen atoms in total. The van der Waals surface area contributed by atoms with Crippen LogP contribution in [0.25, 0.3) is 11.4 Å². The van der Waals surface area contributed by atoms with E-state index in [1.54, 1.807) is 6.20 Å². The first-order chi connectivity index (χ1) is 9.42. The number of aromatic amines is 2. The Balaban J connectivity index is 1.74. The van der Waals surface area contributed by atoms with E-state index in [0.717, 1.165) is 42.6 Å². The summed E-state index contributed by atoms with van der Waals surface area (Å²) in [7, 11) is 0. The van der Waals surface area contributed by atoms with Crippen LogP contribution in [0.5, 0.6) is 0 Å². The van der Waals surface area contributed by atoms with Gasteiger partial charge in [0.15, 0.2) is 0 Å². The molecule has 0 amide bonds. The molecule has 2 aromatic rings. The molecule has 1 fully saturated rings. The van der Waals surface area contributed by atoms with Crippen LogP contribution in [0.2, 0.25) is 0 Å². The molecular weight excluding hydrogens is 244 g/mol. The van der Waals surface area contributed by atoms with E-state index in [2.05, 4.69) is 25.6 Å².